The molecule has 0 spiro atoms. The van der Waals surface area contributed by atoms with Gasteiger partial charge in [-0.1, -0.05) is 12.1 Å². The van der Waals surface area contributed by atoms with Gasteiger partial charge < -0.3 is 0 Å². The first-order valence-electron chi connectivity index (χ1n) is 7.19. The zero-order valence-electron chi connectivity index (χ0n) is 11.5. The monoisotopic (exact) mass is 275 g/mol. The molecule has 1 fully saturated rings. The molecule has 1 saturated carbocycles. The van der Waals surface area contributed by atoms with Gasteiger partial charge in [0.2, 0.25) is 0 Å². The summed E-state index contributed by atoms with van der Waals surface area (Å²) in [5.74, 6) is 0.0342. The fourth-order valence-electron chi connectivity index (χ4n) is 2.91. The Morgan fingerprint density at radius 1 is 1.20 bits per heavy atom. The van der Waals surface area contributed by atoms with E-state index in [1.165, 1.54) is 29.8 Å². The average Bonchev–Trinajstić information content (AvgIpc) is 2.48. The summed E-state index contributed by atoms with van der Waals surface area (Å²) in [6.45, 7) is 0. The van der Waals surface area contributed by atoms with Gasteiger partial charge in [0, 0.05) is 0 Å². The van der Waals surface area contributed by atoms with Crippen LogP contribution >= 0.6 is 0 Å². The van der Waals surface area contributed by atoms with E-state index in [0.717, 1.165) is 38.5 Å². The molecule has 1 aliphatic rings. The Morgan fingerprint density at radius 3 is 2.45 bits per heavy atom. The van der Waals surface area contributed by atoms with Gasteiger partial charge in [0.1, 0.15) is 11.9 Å². The first-order chi connectivity index (χ1) is 9.67. The van der Waals surface area contributed by atoms with E-state index in [2.05, 4.69) is 0 Å². The summed E-state index contributed by atoms with van der Waals surface area (Å²) in [6, 6.07) is 8.22. The maximum absolute atomic E-state index is 12.9. The van der Waals surface area contributed by atoms with Crippen LogP contribution in [0.4, 0.5) is 8.78 Å². The first-order valence-corrected chi connectivity index (χ1v) is 7.19. The minimum Gasteiger partial charge on any atom is -0.207 e. The topological polar surface area (TPSA) is 23.8 Å². The van der Waals surface area contributed by atoms with E-state index in [4.69, 9.17) is 5.26 Å². The van der Waals surface area contributed by atoms with Crippen molar-refractivity contribution in [2.24, 2.45) is 11.8 Å². The maximum Gasteiger partial charge on any atom is 0.196 e. The van der Waals surface area contributed by atoms with Crippen molar-refractivity contribution in [2.75, 3.05) is 0 Å². The molecule has 0 bridgehead atoms. The second-order valence-electron chi connectivity index (χ2n) is 5.57. The lowest BCUT2D eigenvalue weighted by molar-refractivity contribution is 0.294. The number of rotatable bonds is 4. The van der Waals surface area contributed by atoms with Gasteiger partial charge in [-0.3, -0.25) is 0 Å². The largest absolute Gasteiger partial charge is 0.207 e. The van der Waals surface area contributed by atoms with Crippen LogP contribution in [0.25, 0.3) is 0 Å². The van der Waals surface area contributed by atoms with Crippen molar-refractivity contribution in [1.82, 2.24) is 0 Å². The normalized spacial score (nSPS) is 23.4. The van der Waals surface area contributed by atoms with E-state index < -0.39 is 5.83 Å². The minimum atomic E-state index is -0.653. The van der Waals surface area contributed by atoms with E-state index >= 15 is 0 Å². The lowest BCUT2D eigenvalue weighted by atomic mass is 9.79. The number of aryl methyl sites for hydroxylation is 1. The second-order valence-corrected chi connectivity index (χ2v) is 5.57. The van der Waals surface area contributed by atoms with Gasteiger partial charge in [-0.2, -0.15) is 9.65 Å². The van der Waals surface area contributed by atoms with Crippen LogP contribution in [0.15, 0.2) is 36.2 Å². The fraction of sp³-hybridized carbons (Fsp3) is 0.471. The van der Waals surface area contributed by atoms with Gasteiger partial charge in [-0.25, -0.2) is 4.39 Å². The molecule has 0 amide bonds. The quantitative estimate of drug-likeness (QED) is 0.714. The predicted octanol–water partition coefficient (Wildman–Crippen LogP) is 4.94. The van der Waals surface area contributed by atoms with Crippen LogP contribution in [-0.2, 0) is 6.42 Å². The zero-order chi connectivity index (χ0) is 14.4. The van der Waals surface area contributed by atoms with E-state index in [1.807, 2.05) is 12.1 Å². The number of hydrogen-bond donors (Lipinski definition) is 0. The zero-order valence-corrected chi connectivity index (χ0v) is 11.5. The number of benzene rings is 1. The highest BCUT2D eigenvalue weighted by atomic mass is 19.1. The Labute approximate surface area is 118 Å². The minimum absolute atomic E-state index is 0.194. The Kier molecular flexibility index (Phi) is 5.29. The molecular weight excluding hydrogens is 256 g/mol. The van der Waals surface area contributed by atoms with Crippen molar-refractivity contribution in [3.8, 4) is 6.07 Å². The van der Waals surface area contributed by atoms with Gasteiger partial charge in [0.05, 0.1) is 0 Å². The van der Waals surface area contributed by atoms with Crippen molar-refractivity contribution in [1.29, 1.82) is 5.26 Å². The molecule has 1 nitrogen and oxygen atoms in total. The van der Waals surface area contributed by atoms with Crippen LogP contribution in [0.1, 0.15) is 37.7 Å². The molecule has 106 valence electrons. The summed E-state index contributed by atoms with van der Waals surface area (Å²) in [7, 11) is 0. The highest BCUT2D eigenvalue weighted by Crippen LogP contribution is 2.32. The molecule has 2 rings (SSSR count). The molecule has 0 aliphatic heterocycles. The number of hydrogen-bond acceptors (Lipinski definition) is 1. The van der Waals surface area contributed by atoms with E-state index in [1.54, 1.807) is 0 Å². The van der Waals surface area contributed by atoms with Crippen molar-refractivity contribution >= 4 is 0 Å². The van der Waals surface area contributed by atoms with E-state index in [-0.39, 0.29) is 11.7 Å². The summed E-state index contributed by atoms with van der Waals surface area (Å²) in [6.07, 6.45) is 7.63. The van der Waals surface area contributed by atoms with Crippen LogP contribution < -0.4 is 0 Å². The van der Waals surface area contributed by atoms with Gasteiger partial charge in [0.15, 0.2) is 5.83 Å². The Bertz CT molecular complexity index is 491. The van der Waals surface area contributed by atoms with E-state index in [0.29, 0.717) is 5.92 Å². The van der Waals surface area contributed by atoms with Crippen molar-refractivity contribution in [3.63, 3.8) is 0 Å². The van der Waals surface area contributed by atoms with Crippen LogP contribution in [0.2, 0.25) is 0 Å². The molecule has 0 aromatic heterocycles. The van der Waals surface area contributed by atoms with Crippen LogP contribution in [-0.4, -0.2) is 0 Å². The van der Waals surface area contributed by atoms with Crippen molar-refractivity contribution in [2.45, 2.75) is 38.5 Å². The lowest BCUT2D eigenvalue weighted by Gasteiger charge is -2.26. The molecule has 0 atom stereocenters. The SMILES string of the molecule is N#CC(F)=C[C@H]1CC[C@H](CCc2ccc(F)cc2)CC1. The van der Waals surface area contributed by atoms with Crippen LogP contribution in [0, 0.1) is 29.0 Å². The Balaban J connectivity index is 1.75. The molecule has 0 unspecified atom stereocenters. The summed E-state index contributed by atoms with van der Waals surface area (Å²) in [4.78, 5) is 0. The van der Waals surface area contributed by atoms with Gasteiger partial charge >= 0.3 is 0 Å². The summed E-state index contributed by atoms with van der Waals surface area (Å²) < 4.78 is 25.7. The molecule has 20 heavy (non-hydrogen) atoms. The first kappa shape index (κ1) is 14.7. The summed E-state index contributed by atoms with van der Waals surface area (Å²) in [5.41, 5.74) is 1.17. The lowest BCUT2D eigenvalue weighted by Crippen LogP contribution is -2.14. The molecule has 1 aromatic carbocycles. The molecule has 0 N–H and O–H groups in total. The number of allylic oxidation sites excluding steroid dienone is 2. The Hall–Kier alpha value is -1.69. The highest BCUT2D eigenvalue weighted by molar-refractivity contribution is 5.16. The maximum atomic E-state index is 12.9. The number of halogens is 2. The molecular formula is C17H19F2N. The summed E-state index contributed by atoms with van der Waals surface area (Å²) in [5, 5.41) is 8.43. The fourth-order valence-corrected chi connectivity index (χ4v) is 2.91. The highest BCUT2D eigenvalue weighted by Gasteiger charge is 2.20. The summed E-state index contributed by atoms with van der Waals surface area (Å²) >= 11 is 0. The third kappa shape index (κ3) is 4.45. The third-order valence-corrected chi connectivity index (χ3v) is 4.13. The van der Waals surface area contributed by atoms with Gasteiger partial charge in [0.25, 0.3) is 0 Å². The predicted molar refractivity (Wildman–Crippen MR) is 75.0 cm³/mol. The van der Waals surface area contributed by atoms with Crippen LogP contribution in [0.5, 0.6) is 0 Å². The molecule has 0 heterocycles. The molecule has 1 aromatic rings. The average molecular weight is 275 g/mol. The standard InChI is InChI=1S/C17H19F2N/c18-16-9-7-14(8-10-16)2-1-13-3-5-15(6-4-13)11-17(19)12-20/h7-11,13,15H,1-6H2/t13-,15-. The number of nitrogens with zero attached hydrogens (tertiary/aromatic N) is 1. The number of nitriles is 1. The molecule has 3 heteroatoms. The smallest absolute Gasteiger partial charge is 0.196 e. The van der Waals surface area contributed by atoms with Gasteiger partial charge in [-0.05, 0) is 74.1 Å². The van der Waals surface area contributed by atoms with Crippen molar-refractivity contribution < 1.29 is 8.78 Å². The second kappa shape index (κ2) is 7.19. The molecule has 0 saturated heterocycles. The molecule has 0 radical (unpaired) electrons. The van der Waals surface area contributed by atoms with Crippen molar-refractivity contribution in [3.05, 3.63) is 47.5 Å². The molecule has 1 aliphatic carbocycles. The van der Waals surface area contributed by atoms with Gasteiger partial charge in [-0.15, -0.1) is 0 Å². The van der Waals surface area contributed by atoms with E-state index in [9.17, 15) is 8.78 Å². The Morgan fingerprint density at radius 2 is 1.85 bits per heavy atom. The van der Waals surface area contributed by atoms with Crippen LogP contribution in [0.3, 0.4) is 0 Å². The third-order valence-electron chi connectivity index (χ3n) is 4.13.